The number of piperazine rings is 1. The molecule has 1 heterocycles. The monoisotopic (exact) mass is 400 g/mol. The van der Waals surface area contributed by atoms with Crippen LogP contribution in [-0.4, -0.2) is 50.9 Å². The van der Waals surface area contributed by atoms with Crippen LogP contribution in [0.4, 0.5) is 13.2 Å². The summed E-state index contributed by atoms with van der Waals surface area (Å²) in [6, 6.07) is 7.25. The summed E-state index contributed by atoms with van der Waals surface area (Å²) in [5, 5.41) is 0. The van der Waals surface area contributed by atoms with E-state index in [-0.39, 0.29) is 23.7 Å². The van der Waals surface area contributed by atoms with Crippen molar-refractivity contribution >= 4 is 10.0 Å². The van der Waals surface area contributed by atoms with Gasteiger partial charge >= 0.3 is 0 Å². The van der Waals surface area contributed by atoms with Gasteiger partial charge in [-0.2, -0.15) is 4.31 Å². The van der Waals surface area contributed by atoms with E-state index in [4.69, 9.17) is 4.74 Å². The second-order valence-electron chi connectivity index (χ2n) is 6.23. The molecule has 1 aliphatic heterocycles. The first kappa shape index (κ1) is 19.7. The minimum absolute atomic E-state index is 0.168. The number of rotatable bonds is 5. The molecule has 1 aliphatic rings. The lowest BCUT2D eigenvalue weighted by molar-refractivity contribution is 0.181. The summed E-state index contributed by atoms with van der Waals surface area (Å²) in [7, 11) is -2.50. The molecule has 5 nitrogen and oxygen atoms in total. The van der Waals surface area contributed by atoms with Gasteiger partial charge in [-0.3, -0.25) is 4.90 Å². The van der Waals surface area contributed by atoms with Crippen LogP contribution in [0.25, 0.3) is 0 Å². The average Bonchev–Trinajstić information content (AvgIpc) is 2.64. The molecule has 0 amide bonds. The summed E-state index contributed by atoms with van der Waals surface area (Å²) < 4.78 is 71.5. The summed E-state index contributed by atoms with van der Waals surface area (Å²) in [6.07, 6.45) is 0. The number of ether oxygens (including phenoxy) is 1. The van der Waals surface area contributed by atoms with Crippen molar-refractivity contribution in [3.63, 3.8) is 0 Å². The van der Waals surface area contributed by atoms with Gasteiger partial charge in [0.2, 0.25) is 10.0 Å². The molecule has 0 N–H and O–H groups in total. The highest BCUT2D eigenvalue weighted by Crippen LogP contribution is 2.22. The van der Waals surface area contributed by atoms with Gasteiger partial charge in [0.25, 0.3) is 0 Å². The number of benzene rings is 2. The molecular formula is C18H19F3N2O3S. The molecule has 0 saturated carbocycles. The third-order valence-electron chi connectivity index (χ3n) is 4.48. The van der Waals surface area contributed by atoms with Crippen molar-refractivity contribution in [2.75, 3.05) is 33.3 Å². The van der Waals surface area contributed by atoms with E-state index in [1.165, 1.54) is 17.5 Å². The summed E-state index contributed by atoms with van der Waals surface area (Å²) in [6.45, 7) is 1.77. The smallest absolute Gasteiger partial charge is 0.243 e. The molecule has 0 bridgehead atoms. The Bertz CT molecular complexity index is 929. The van der Waals surface area contributed by atoms with Gasteiger partial charge in [-0.05, 0) is 35.9 Å². The van der Waals surface area contributed by atoms with E-state index >= 15 is 0 Å². The van der Waals surface area contributed by atoms with Gasteiger partial charge < -0.3 is 4.74 Å². The van der Waals surface area contributed by atoms with Crippen molar-refractivity contribution in [3.05, 3.63) is 59.4 Å². The maximum absolute atomic E-state index is 13.8. The van der Waals surface area contributed by atoms with E-state index in [2.05, 4.69) is 0 Å². The van der Waals surface area contributed by atoms with Gasteiger partial charge in [-0.15, -0.1) is 0 Å². The molecule has 0 atom stereocenters. The summed E-state index contributed by atoms with van der Waals surface area (Å²) in [5.41, 5.74) is 0.755. The Morgan fingerprint density at radius 1 is 0.926 bits per heavy atom. The number of hydrogen-bond donors (Lipinski definition) is 0. The largest absolute Gasteiger partial charge is 0.494 e. The zero-order chi connectivity index (χ0) is 19.6. The first-order valence-corrected chi connectivity index (χ1v) is 9.75. The van der Waals surface area contributed by atoms with Crippen LogP contribution < -0.4 is 4.74 Å². The first-order valence-electron chi connectivity index (χ1n) is 8.31. The third kappa shape index (κ3) is 4.26. The van der Waals surface area contributed by atoms with Crippen LogP contribution in [0.3, 0.4) is 0 Å². The molecule has 1 fully saturated rings. The second kappa shape index (κ2) is 7.87. The highest BCUT2D eigenvalue weighted by atomic mass is 32.2. The van der Waals surface area contributed by atoms with E-state index in [0.29, 0.717) is 25.7 Å². The predicted octanol–water partition coefficient (Wildman–Crippen LogP) is 2.62. The van der Waals surface area contributed by atoms with E-state index in [1.54, 1.807) is 12.1 Å². The fourth-order valence-electron chi connectivity index (χ4n) is 2.98. The van der Waals surface area contributed by atoms with Crippen LogP contribution in [0.15, 0.2) is 41.3 Å². The first-order chi connectivity index (χ1) is 12.8. The van der Waals surface area contributed by atoms with E-state index in [0.717, 1.165) is 17.7 Å². The van der Waals surface area contributed by atoms with Gasteiger partial charge in [-0.25, -0.2) is 21.6 Å². The molecule has 0 spiro atoms. The molecule has 1 saturated heterocycles. The highest BCUT2D eigenvalue weighted by molar-refractivity contribution is 7.89. The Morgan fingerprint density at radius 2 is 1.63 bits per heavy atom. The standard InChI is InChI=1S/C18H19F3N2O3S/c1-26-18-5-2-13(10-17(18)21)12-22-6-8-23(9-7-22)27(24,25)14-3-4-15(19)16(20)11-14/h2-5,10-11H,6-9,12H2,1H3. The average molecular weight is 400 g/mol. The van der Waals surface area contributed by atoms with Crippen LogP contribution in [0.2, 0.25) is 0 Å². The third-order valence-corrected chi connectivity index (χ3v) is 6.38. The minimum Gasteiger partial charge on any atom is -0.494 e. The number of sulfonamides is 1. The number of hydrogen-bond acceptors (Lipinski definition) is 4. The van der Waals surface area contributed by atoms with Crippen molar-refractivity contribution in [2.45, 2.75) is 11.4 Å². The van der Waals surface area contributed by atoms with Gasteiger partial charge in [0, 0.05) is 32.7 Å². The van der Waals surface area contributed by atoms with E-state index < -0.39 is 27.5 Å². The molecule has 2 aromatic carbocycles. The van der Waals surface area contributed by atoms with Crippen molar-refractivity contribution < 1.29 is 26.3 Å². The Morgan fingerprint density at radius 3 is 2.22 bits per heavy atom. The quantitative estimate of drug-likeness (QED) is 0.774. The van der Waals surface area contributed by atoms with Gasteiger partial charge in [0.15, 0.2) is 23.2 Å². The maximum Gasteiger partial charge on any atom is 0.243 e. The molecule has 9 heteroatoms. The van der Waals surface area contributed by atoms with Crippen LogP contribution >= 0.6 is 0 Å². The van der Waals surface area contributed by atoms with Crippen LogP contribution in [0, 0.1) is 17.5 Å². The summed E-state index contributed by atoms with van der Waals surface area (Å²) >= 11 is 0. The predicted molar refractivity (Wildman–Crippen MR) is 93.3 cm³/mol. The van der Waals surface area contributed by atoms with Gasteiger partial charge in [0.1, 0.15) is 0 Å². The molecule has 0 aliphatic carbocycles. The fourth-order valence-corrected chi connectivity index (χ4v) is 4.42. The number of methoxy groups -OCH3 is 1. The van der Waals surface area contributed by atoms with E-state index in [1.807, 2.05) is 4.90 Å². The van der Waals surface area contributed by atoms with Crippen molar-refractivity contribution in [1.82, 2.24) is 9.21 Å². The van der Waals surface area contributed by atoms with Crippen LogP contribution in [-0.2, 0) is 16.6 Å². The SMILES string of the molecule is COc1ccc(CN2CCN(S(=O)(=O)c3ccc(F)c(F)c3)CC2)cc1F. The lowest BCUT2D eigenvalue weighted by Gasteiger charge is -2.34. The molecular weight excluding hydrogens is 381 g/mol. The number of halogens is 3. The van der Waals surface area contributed by atoms with Crippen molar-refractivity contribution in [3.8, 4) is 5.75 Å². The zero-order valence-electron chi connectivity index (χ0n) is 14.7. The lowest BCUT2D eigenvalue weighted by atomic mass is 10.2. The molecule has 146 valence electrons. The molecule has 0 radical (unpaired) electrons. The molecule has 0 aromatic heterocycles. The summed E-state index contributed by atoms with van der Waals surface area (Å²) in [4.78, 5) is 1.73. The molecule has 3 rings (SSSR count). The number of nitrogens with zero attached hydrogens (tertiary/aromatic N) is 2. The Balaban J connectivity index is 1.64. The Kier molecular flexibility index (Phi) is 5.73. The highest BCUT2D eigenvalue weighted by Gasteiger charge is 2.29. The molecule has 0 unspecified atom stereocenters. The maximum atomic E-state index is 13.8. The Labute approximate surface area is 156 Å². The van der Waals surface area contributed by atoms with Crippen LogP contribution in [0.5, 0.6) is 5.75 Å². The second-order valence-corrected chi connectivity index (χ2v) is 8.16. The molecule has 2 aromatic rings. The Hall–Kier alpha value is -2.10. The molecule has 27 heavy (non-hydrogen) atoms. The van der Waals surface area contributed by atoms with Crippen molar-refractivity contribution in [2.24, 2.45) is 0 Å². The zero-order valence-corrected chi connectivity index (χ0v) is 15.5. The van der Waals surface area contributed by atoms with Gasteiger partial charge in [0.05, 0.1) is 12.0 Å². The van der Waals surface area contributed by atoms with Gasteiger partial charge in [-0.1, -0.05) is 6.07 Å². The normalized spacial score (nSPS) is 16.4. The minimum atomic E-state index is -3.89. The summed E-state index contributed by atoms with van der Waals surface area (Å²) in [5.74, 6) is -2.57. The van der Waals surface area contributed by atoms with Crippen molar-refractivity contribution in [1.29, 1.82) is 0 Å². The fraction of sp³-hybridized carbons (Fsp3) is 0.333. The lowest BCUT2D eigenvalue weighted by Crippen LogP contribution is -2.48. The van der Waals surface area contributed by atoms with Crippen LogP contribution in [0.1, 0.15) is 5.56 Å². The van der Waals surface area contributed by atoms with E-state index in [9.17, 15) is 21.6 Å². The topological polar surface area (TPSA) is 49.9 Å².